The minimum absolute atomic E-state index is 0.0426. The van der Waals surface area contributed by atoms with E-state index in [2.05, 4.69) is 15.4 Å². The van der Waals surface area contributed by atoms with E-state index in [0.29, 0.717) is 72.6 Å². The van der Waals surface area contributed by atoms with Gasteiger partial charge in [-0.3, -0.25) is 0 Å². The Morgan fingerprint density at radius 2 is 1.73 bits per heavy atom. The number of carboxylic acid groups (broad SMARTS) is 1. The molecule has 0 saturated carbocycles. The summed E-state index contributed by atoms with van der Waals surface area (Å²) in [6.07, 6.45) is -1.88. The fourth-order valence-electron chi connectivity index (χ4n) is 6.23. The van der Waals surface area contributed by atoms with Crippen molar-refractivity contribution in [3.8, 4) is 0 Å². The Balaban J connectivity index is 1.43. The highest BCUT2D eigenvalue weighted by Gasteiger charge is 2.32. The maximum Gasteiger partial charge on any atom is 0.404 e. The van der Waals surface area contributed by atoms with Crippen LogP contribution in [0, 0.1) is 5.95 Å². The second kappa shape index (κ2) is 12.9. The molecule has 4 aromatic rings. The van der Waals surface area contributed by atoms with Gasteiger partial charge in [-0.1, -0.05) is 36.4 Å². The molecule has 6 rings (SSSR count). The van der Waals surface area contributed by atoms with Gasteiger partial charge in [0.05, 0.1) is 17.3 Å². The van der Waals surface area contributed by atoms with Crippen LogP contribution < -0.4 is 10.2 Å². The van der Waals surface area contributed by atoms with Crippen molar-refractivity contribution in [2.75, 3.05) is 24.6 Å². The van der Waals surface area contributed by atoms with Crippen molar-refractivity contribution in [3.05, 3.63) is 89.5 Å². The highest BCUT2D eigenvalue weighted by Crippen LogP contribution is 2.40. The number of hydrogen-bond acceptors (Lipinski definition) is 5. The fraction of sp³-hybridized carbons (Fsp3) is 0.364. The monoisotopic (exact) mass is 623 g/mol. The summed E-state index contributed by atoms with van der Waals surface area (Å²) in [7, 11) is 0. The number of fused-ring (bicyclic) bond motifs is 1. The van der Waals surface area contributed by atoms with Crippen molar-refractivity contribution in [2.24, 2.45) is 0 Å². The quantitative estimate of drug-likeness (QED) is 0.165. The highest BCUT2D eigenvalue weighted by molar-refractivity contribution is 6.00. The zero-order valence-electron chi connectivity index (χ0n) is 24.4. The van der Waals surface area contributed by atoms with Gasteiger partial charge in [0.25, 0.3) is 0 Å². The summed E-state index contributed by atoms with van der Waals surface area (Å²) < 4.78 is 65.1. The fourth-order valence-corrected chi connectivity index (χ4v) is 6.23. The number of carbonyl (C=O) groups is 1. The third kappa shape index (κ3) is 6.95. The van der Waals surface area contributed by atoms with Gasteiger partial charge < -0.3 is 20.1 Å². The zero-order valence-corrected chi connectivity index (χ0v) is 24.4. The number of piperidine rings is 1. The molecule has 1 amide bonds. The molecular formula is C33H33F4N5O3. The number of anilines is 1. The average molecular weight is 624 g/mol. The molecule has 45 heavy (non-hydrogen) atoms. The van der Waals surface area contributed by atoms with Crippen molar-refractivity contribution in [1.29, 1.82) is 0 Å². The molecule has 2 aromatic carbocycles. The Kier molecular flexibility index (Phi) is 8.75. The second-order valence-electron chi connectivity index (χ2n) is 11.4. The predicted octanol–water partition coefficient (Wildman–Crippen LogP) is 7.42. The minimum Gasteiger partial charge on any atom is -0.465 e. The summed E-state index contributed by atoms with van der Waals surface area (Å²) >= 11 is 0. The van der Waals surface area contributed by atoms with Gasteiger partial charge in [-0.2, -0.15) is 17.6 Å². The Morgan fingerprint density at radius 1 is 0.978 bits per heavy atom. The number of ether oxygens (including phenoxy) is 1. The summed E-state index contributed by atoms with van der Waals surface area (Å²) in [5.74, 6) is -0.0778. The maximum absolute atomic E-state index is 15.3. The van der Waals surface area contributed by atoms with Crippen LogP contribution in [0.2, 0.25) is 0 Å². The number of aromatic nitrogens is 3. The van der Waals surface area contributed by atoms with Crippen LogP contribution in [0.25, 0.3) is 22.0 Å². The molecule has 0 bridgehead atoms. The van der Waals surface area contributed by atoms with Crippen molar-refractivity contribution in [2.45, 2.75) is 57.0 Å². The minimum atomic E-state index is -4.52. The first kappa shape index (κ1) is 30.6. The van der Waals surface area contributed by atoms with Gasteiger partial charge in [-0.25, -0.2) is 14.5 Å². The van der Waals surface area contributed by atoms with Crippen LogP contribution >= 0.6 is 0 Å². The number of rotatable bonds is 7. The SMILES string of the molecule is O=C(O)NC1CCN(c2ccc(/C(=C(/CC(F)(F)F)c3ccccc3)c3ccc4c(c3)c(F)nn4C3CCCCO3)cn2)CC1. The Bertz CT molecular complexity index is 1670. The van der Waals surface area contributed by atoms with Gasteiger partial charge in [-0.05, 0) is 78.6 Å². The van der Waals surface area contributed by atoms with Crippen LogP contribution in [0.1, 0.15) is 61.4 Å². The summed E-state index contributed by atoms with van der Waals surface area (Å²) in [6, 6.07) is 16.7. The van der Waals surface area contributed by atoms with E-state index in [1.54, 1.807) is 66.9 Å². The van der Waals surface area contributed by atoms with Gasteiger partial charge in [-0.15, -0.1) is 5.10 Å². The first-order valence-electron chi connectivity index (χ1n) is 15.0. The lowest BCUT2D eigenvalue weighted by Gasteiger charge is -2.32. The van der Waals surface area contributed by atoms with E-state index < -0.39 is 30.9 Å². The van der Waals surface area contributed by atoms with E-state index >= 15 is 4.39 Å². The second-order valence-corrected chi connectivity index (χ2v) is 11.4. The molecule has 0 radical (unpaired) electrons. The summed E-state index contributed by atoms with van der Waals surface area (Å²) in [5.41, 5.74) is 2.10. The molecule has 2 aromatic heterocycles. The number of halogens is 4. The number of benzene rings is 2. The van der Waals surface area contributed by atoms with Crippen LogP contribution in [0.3, 0.4) is 0 Å². The molecule has 2 N–H and O–H groups in total. The Morgan fingerprint density at radius 3 is 2.38 bits per heavy atom. The van der Waals surface area contributed by atoms with Gasteiger partial charge in [0.2, 0.25) is 5.95 Å². The molecule has 2 saturated heterocycles. The van der Waals surface area contributed by atoms with Gasteiger partial charge >= 0.3 is 12.3 Å². The summed E-state index contributed by atoms with van der Waals surface area (Å²) in [5, 5.41) is 15.8. The molecule has 2 aliphatic heterocycles. The van der Waals surface area contributed by atoms with E-state index in [9.17, 15) is 18.0 Å². The number of alkyl halides is 3. The van der Waals surface area contributed by atoms with Gasteiger partial charge in [0.1, 0.15) is 5.82 Å². The molecule has 12 heteroatoms. The standard InChI is InChI=1S/C33H33F4N5O3/c34-31-25-18-22(9-11-27(25)42(40-31)29-8-4-5-17-45-29)30(26(19-33(35,36)37)21-6-2-1-3-7-21)23-10-12-28(38-20-23)41-15-13-24(14-16-41)39-32(43)44/h1-3,6-7,9-12,18,20,24,29,39H,4-5,8,13-17,19H2,(H,43,44)/b30-26-. The number of nitrogens with zero attached hydrogens (tertiary/aromatic N) is 4. The van der Waals surface area contributed by atoms with Crippen LogP contribution in [0.5, 0.6) is 0 Å². The zero-order chi connectivity index (χ0) is 31.6. The number of hydrogen-bond donors (Lipinski definition) is 2. The normalized spacial score (nSPS) is 18.6. The number of amides is 1. The molecule has 1 unspecified atom stereocenters. The highest BCUT2D eigenvalue weighted by atomic mass is 19.4. The lowest BCUT2D eigenvalue weighted by molar-refractivity contribution is -0.122. The van der Waals surface area contributed by atoms with Gasteiger partial charge in [0.15, 0.2) is 6.23 Å². The largest absolute Gasteiger partial charge is 0.465 e. The topological polar surface area (TPSA) is 92.5 Å². The molecule has 2 fully saturated rings. The van der Waals surface area contributed by atoms with Crippen LogP contribution in [0.4, 0.5) is 28.2 Å². The van der Waals surface area contributed by atoms with E-state index in [1.807, 2.05) is 4.90 Å². The molecule has 4 heterocycles. The lowest BCUT2D eigenvalue weighted by Crippen LogP contribution is -2.44. The molecule has 0 spiro atoms. The van der Waals surface area contributed by atoms with Gasteiger partial charge in [0, 0.05) is 37.5 Å². The maximum atomic E-state index is 15.3. The predicted molar refractivity (Wildman–Crippen MR) is 162 cm³/mol. The van der Waals surface area contributed by atoms with E-state index in [1.165, 1.54) is 4.68 Å². The number of nitrogens with one attached hydrogen (secondary N) is 1. The van der Waals surface area contributed by atoms with Crippen LogP contribution in [-0.4, -0.2) is 57.9 Å². The smallest absolute Gasteiger partial charge is 0.404 e. The first-order valence-corrected chi connectivity index (χ1v) is 15.0. The van der Waals surface area contributed by atoms with Crippen molar-refractivity contribution < 1.29 is 32.2 Å². The molecule has 0 aliphatic carbocycles. The molecule has 8 nitrogen and oxygen atoms in total. The van der Waals surface area contributed by atoms with Crippen molar-refractivity contribution in [1.82, 2.24) is 20.1 Å². The van der Waals surface area contributed by atoms with Crippen molar-refractivity contribution >= 4 is 34.0 Å². The van der Waals surface area contributed by atoms with Crippen molar-refractivity contribution in [3.63, 3.8) is 0 Å². The average Bonchev–Trinajstić information content (AvgIpc) is 3.37. The molecule has 1 atom stereocenters. The third-order valence-corrected chi connectivity index (χ3v) is 8.36. The number of allylic oxidation sites excluding steroid dienone is 1. The first-order chi connectivity index (χ1) is 21.7. The van der Waals surface area contributed by atoms with E-state index in [0.717, 1.165) is 12.8 Å². The molecule has 2 aliphatic rings. The molecular weight excluding hydrogens is 590 g/mol. The molecule has 236 valence electrons. The summed E-state index contributed by atoms with van der Waals surface area (Å²) in [4.78, 5) is 17.6. The Hall–Kier alpha value is -4.45. The van der Waals surface area contributed by atoms with Crippen LogP contribution in [-0.2, 0) is 4.74 Å². The van der Waals surface area contributed by atoms with E-state index in [4.69, 9.17) is 9.84 Å². The third-order valence-electron chi connectivity index (χ3n) is 8.36. The summed E-state index contributed by atoms with van der Waals surface area (Å²) in [6.45, 7) is 1.71. The number of pyridine rings is 1. The van der Waals surface area contributed by atoms with Crippen LogP contribution in [0.15, 0.2) is 66.9 Å². The Labute approximate surface area is 257 Å². The lowest BCUT2D eigenvalue weighted by atomic mass is 9.88. The van der Waals surface area contributed by atoms with E-state index in [-0.39, 0.29) is 17.0 Å².